The Morgan fingerprint density at radius 2 is 1.81 bits per heavy atom. The van der Waals surface area contributed by atoms with Crippen molar-refractivity contribution in [2.75, 3.05) is 16.8 Å². The van der Waals surface area contributed by atoms with Crippen LogP contribution in [0.5, 0.6) is 5.75 Å². The molecule has 1 N–H and O–H groups in total. The van der Waals surface area contributed by atoms with E-state index in [1.165, 1.54) is 29.2 Å². The van der Waals surface area contributed by atoms with Crippen LogP contribution in [0.1, 0.15) is 5.56 Å². The number of ether oxygens (including phenoxy) is 1. The van der Waals surface area contributed by atoms with Crippen LogP contribution in [0.25, 0.3) is 6.08 Å². The highest BCUT2D eigenvalue weighted by molar-refractivity contribution is 6.13. The summed E-state index contributed by atoms with van der Waals surface area (Å²) in [6.45, 7) is -0.113. The number of alkyl halides is 3. The van der Waals surface area contributed by atoms with Crippen LogP contribution in [-0.2, 0) is 9.59 Å². The van der Waals surface area contributed by atoms with Gasteiger partial charge < -0.3 is 10.1 Å². The lowest BCUT2D eigenvalue weighted by molar-refractivity contribution is -0.274. The normalized spacial score (nSPS) is 14.1. The Labute approximate surface area is 146 Å². The molecule has 1 aliphatic heterocycles. The second-order valence-electron chi connectivity index (χ2n) is 5.44. The molecule has 3 rings (SSSR count). The average Bonchev–Trinajstić information content (AvgIpc) is 2.58. The van der Waals surface area contributed by atoms with Gasteiger partial charge >= 0.3 is 6.36 Å². The van der Waals surface area contributed by atoms with E-state index in [4.69, 9.17) is 0 Å². The molecule has 1 heterocycles. The van der Waals surface area contributed by atoms with Crippen LogP contribution in [0.2, 0.25) is 0 Å². The molecule has 0 unspecified atom stereocenters. The number of carbonyl (C=O) groups excluding carboxylic acids is 2. The molecule has 0 bridgehead atoms. The van der Waals surface area contributed by atoms with E-state index >= 15 is 0 Å². The number of benzene rings is 2. The molecule has 0 aliphatic carbocycles. The first-order valence-electron chi connectivity index (χ1n) is 7.56. The summed E-state index contributed by atoms with van der Waals surface area (Å²) >= 11 is 0. The molecule has 26 heavy (non-hydrogen) atoms. The number of rotatable bonds is 3. The van der Waals surface area contributed by atoms with Gasteiger partial charge in [0.15, 0.2) is 0 Å². The van der Waals surface area contributed by atoms with Gasteiger partial charge in [-0.25, -0.2) is 0 Å². The first-order chi connectivity index (χ1) is 12.3. The molecule has 8 heteroatoms. The van der Waals surface area contributed by atoms with Crippen molar-refractivity contribution in [3.63, 3.8) is 0 Å². The molecule has 2 aromatic carbocycles. The molecule has 0 aromatic heterocycles. The molecular formula is C18H13F3N2O3. The number of nitrogens with zero attached hydrogens (tertiary/aromatic N) is 1. The second-order valence-corrected chi connectivity index (χ2v) is 5.44. The van der Waals surface area contributed by atoms with Crippen LogP contribution >= 0.6 is 0 Å². The monoisotopic (exact) mass is 362 g/mol. The van der Waals surface area contributed by atoms with E-state index in [-0.39, 0.29) is 18.2 Å². The first kappa shape index (κ1) is 17.5. The van der Waals surface area contributed by atoms with Crippen LogP contribution in [0.15, 0.2) is 54.6 Å². The number of halogens is 3. The maximum atomic E-state index is 12.4. The number of hydrogen-bond donors (Lipinski definition) is 1. The Bertz CT molecular complexity index is 861. The standard InChI is InChI=1S/C18H13F3N2O3/c19-18(20,21)26-13-8-5-12(6-9-13)7-10-17(25)23-11-16(24)22-14-3-1-2-4-15(14)23/h1-10H,11H2,(H,22,24)/b10-7+. The van der Waals surface area contributed by atoms with Crippen molar-refractivity contribution in [3.05, 3.63) is 60.2 Å². The maximum Gasteiger partial charge on any atom is 0.573 e. The fraction of sp³-hybridized carbons (Fsp3) is 0.111. The van der Waals surface area contributed by atoms with E-state index in [9.17, 15) is 22.8 Å². The zero-order valence-corrected chi connectivity index (χ0v) is 13.3. The second kappa shape index (κ2) is 6.91. The lowest BCUT2D eigenvalue weighted by Gasteiger charge is -2.28. The maximum absolute atomic E-state index is 12.4. The molecule has 2 aromatic rings. The predicted octanol–water partition coefficient (Wildman–Crippen LogP) is 3.58. The van der Waals surface area contributed by atoms with Gasteiger partial charge in [-0.15, -0.1) is 13.2 Å². The van der Waals surface area contributed by atoms with Gasteiger partial charge in [0.25, 0.3) is 5.91 Å². The van der Waals surface area contributed by atoms with E-state index in [1.807, 2.05) is 0 Å². The average molecular weight is 362 g/mol. The third kappa shape index (κ3) is 4.21. The van der Waals surface area contributed by atoms with Gasteiger partial charge in [0.2, 0.25) is 5.91 Å². The van der Waals surface area contributed by atoms with Crippen LogP contribution in [0.3, 0.4) is 0 Å². The number of para-hydroxylation sites is 2. The quantitative estimate of drug-likeness (QED) is 0.849. The van der Waals surface area contributed by atoms with Crippen LogP contribution in [0, 0.1) is 0 Å². The Hall–Kier alpha value is -3.29. The SMILES string of the molecule is O=C1CN(C(=O)/C=C/c2ccc(OC(F)(F)F)cc2)c2ccccc2N1. The van der Waals surface area contributed by atoms with E-state index in [0.29, 0.717) is 16.9 Å². The number of carbonyl (C=O) groups is 2. The lowest BCUT2D eigenvalue weighted by atomic mass is 10.1. The summed E-state index contributed by atoms with van der Waals surface area (Å²) in [6.07, 6.45) is -2.04. The lowest BCUT2D eigenvalue weighted by Crippen LogP contribution is -2.41. The molecule has 0 saturated heterocycles. The zero-order chi connectivity index (χ0) is 18.7. The molecule has 0 saturated carbocycles. The summed E-state index contributed by atoms with van der Waals surface area (Å²) < 4.78 is 40.2. The minimum atomic E-state index is -4.75. The number of fused-ring (bicyclic) bond motifs is 1. The van der Waals surface area contributed by atoms with Gasteiger partial charge in [-0.05, 0) is 35.9 Å². The highest BCUT2D eigenvalue weighted by atomic mass is 19.4. The number of amides is 2. The molecule has 1 aliphatic rings. The molecule has 0 atom stereocenters. The van der Waals surface area contributed by atoms with Crippen molar-refractivity contribution in [2.45, 2.75) is 6.36 Å². The first-order valence-corrected chi connectivity index (χ1v) is 7.56. The smallest absolute Gasteiger partial charge is 0.406 e. The van der Waals surface area contributed by atoms with E-state index in [0.717, 1.165) is 12.1 Å². The molecule has 2 amide bonds. The third-order valence-electron chi connectivity index (χ3n) is 3.57. The summed E-state index contributed by atoms with van der Waals surface area (Å²) in [7, 11) is 0. The summed E-state index contributed by atoms with van der Waals surface area (Å²) in [5.74, 6) is -1.07. The minimum absolute atomic E-state index is 0.113. The number of nitrogens with one attached hydrogen (secondary N) is 1. The van der Waals surface area contributed by atoms with Gasteiger partial charge in [0, 0.05) is 6.08 Å². The van der Waals surface area contributed by atoms with Crippen molar-refractivity contribution in [2.24, 2.45) is 0 Å². The van der Waals surface area contributed by atoms with Gasteiger partial charge in [-0.3, -0.25) is 14.5 Å². The van der Waals surface area contributed by atoms with Crippen LogP contribution in [0.4, 0.5) is 24.5 Å². The third-order valence-corrected chi connectivity index (χ3v) is 3.57. The highest BCUT2D eigenvalue weighted by Crippen LogP contribution is 2.29. The van der Waals surface area contributed by atoms with E-state index in [2.05, 4.69) is 10.1 Å². The fourth-order valence-corrected chi connectivity index (χ4v) is 2.47. The summed E-state index contributed by atoms with van der Waals surface area (Å²) in [5, 5.41) is 2.68. The van der Waals surface area contributed by atoms with Crippen molar-refractivity contribution >= 4 is 29.3 Å². The Morgan fingerprint density at radius 3 is 2.50 bits per heavy atom. The van der Waals surface area contributed by atoms with Gasteiger partial charge in [-0.1, -0.05) is 24.3 Å². The molecular weight excluding hydrogens is 349 g/mol. The van der Waals surface area contributed by atoms with E-state index < -0.39 is 12.3 Å². The van der Waals surface area contributed by atoms with Crippen molar-refractivity contribution in [1.29, 1.82) is 0 Å². The molecule has 134 valence electrons. The fourth-order valence-electron chi connectivity index (χ4n) is 2.47. The van der Waals surface area contributed by atoms with E-state index in [1.54, 1.807) is 24.3 Å². The number of anilines is 2. The Balaban J connectivity index is 1.73. The summed E-state index contributed by atoms with van der Waals surface area (Å²) in [4.78, 5) is 25.5. The molecule has 0 spiro atoms. The minimum Gasteiger partial charge on any atom is -0.406 e. The number of hydrogen-bond acceptors (Lipinski definition) is 3. The van der Waals surface area contributed by atoms with Crippen molar-refractivity contribution in [1.82, 2.24) is 0 Å². The molecule has 0 radical (unpaired) electrons. The van der Waals surface area contributed by atoms with Crippen LogP contribution < -0.4 is 15.0 Å². The Kier molecular flexibility index (Phi) is 4.66. The largest absolute Gasteiger partial charge is 0.573 e. The zero-order valence-electron chi connectivity index (χ0n) is 13.3. The predicted molar refractivity (Wildman–Crippen MR) is 89.6 cm³/mol. The van der Waals surface area contributed by atoms with Gasteiger partial charge in [-0.2, -0.15) is 0 Å². The molecule has 0 fully saturated rings. The van der Waals surface area contributed by atoms with Gasteiger partial charge in [0.05, 0.1) is 11.4 Å². The Morgan fingerprint density at radius 1 is 1.12 bits per heavy atom. The van der Waals surface area contributed by atoms with Gasteiger partial charge in [0.1, 0.15) is 12.3 Å². The molecule has 5 nitrogen and oxygen atoms in total. The highest BCUT2D eigenvalue weighted by Gasteiger charge is 2.31. The topological polar surface area (TPSA) is 58.6 Å². The summed E-state index contributed by atoms with van der Waals surface area (Å²) in [6, 6.07) is 12.0. The van der Waals surface area contributed by atoms with Crippen molar-refractivity contribution in [3.8, 4) is 5.75 Å². The summed E-state index contributed by atoms with van der Waals surface area (Å²) in [5.41, 5.74) is 1.64. The van der Waals surface area contributed by atoms with Crippen molar-refractivity contribution < 1.29 is 27.5 Å². The van der Waals surface area contributed by atoms with Crippen LogP contribution in [-0.4, -0.2) is 24.7 Å².